The molecular weight excluding hydrogens is 296 g/mol. The van der Waals surface area contributed by atoms with Crippen molar-refractivity contribution in [2.75, 3.05) is 0 Å². The highest BCUT2D eigenvalue weighted by atomic mass is 16.5. The third-order valence-electron chi connectivity index (χ3n) is 3.72. The number of fused-ring (bicyclic) bond motifs is 1. The molecule has 3 aromatic rings. The van der Waals surface area contributed by atoms with Crippen LogP contribution < -0.4 is 4.74 Å². The van der Waals surface area contributed by atoms with Gasteiger partial charge in [-0.05, 0) is 54.5 Å². The molecule has 0 unspecified atom stereocenters. The molecule has 0 bridgehead atoms. The molecule has 0 N–H and O–H groups in total. The standard InChI is InChI=1S/C22H20O2/c1-16(2)24-22-10-6-5-9-20(22)21(23)14-12-17-11-13-18-7-3-4-8-19(18)15-17/h3-16H,1-2H3. The predicted octanol–water partition coefficient (Wildman–Crippen LogP) is 5.52. The molecule has 0 aliphatic rings. The van der Waals surface area contributed by atoms with Crippen LogP contribution in [0.3, 0.4) is 0 Å². The first kappa shape index (κ1) is 16.0. The highest BCUT2D eigenvalue weighted by Gasteiger charge is 2.10. The maximum absolute atomic E-state index is 12.5. The van der Waals surface area contributed by atoms with Gasteiger partial charge < -0.3 is 4.74 Å². The quantitative estimate of drug-likeness (QED) is 0.457. The summed E-state index contributed by atoms with van der Waals surface area (Å²) in [5.74, 6) is 0.570. The molecule has 24 heavy (non-hydrogen) atoms. The fraction of sp³-hybridized carbons (Fsp3) is 0.136. The molecule has 0 radical (unpaired) electrons. The van der Waals surface area contributed by atoms with Crippen molar-refractivity contribution in [2.45, 2.75) is 20.0 Å². The Morgan fingerprint density at radius 3 is 2.42 bits per heavy atom. The van der Waals surface area contributed by atoms with Gasteiger partial charge in [0.2, 0.25) is 0 Å². The lowest BCUT2D eigenvalue weighted by atomic mass is 10.0. The van der Waals surface area contributed by atoms with Crippen molar-refractivity contribution in [3.8, 4) is 5.75 Å². The topological polar surface area (TPSA) is 26.3 Å². The monoisotopic (exact) mass is 316 g/mol. The zero-order valence-electron chi connectivity index (χ0n) is 13.9. The Balaban J connectivity index is 1.84. The van der Waals surface area contributed by atoms with Crippen molar-refractivity contribution in [2.24, 2.45) is 0 Å². The van der Waals surface area contributed by atoms with Crippen LogP contribution in [-0.2, 0) is 0 Å². The molecule has 0 fully saturated rings. The van der Waals surface area contributed by atoms with E-state index in [4.69, 9.17) is 4.74 Å². The van der Waals surface area contributed by atoms with E-state index in [0.717, 1.165) is 10.9 Å². The summed E-state index contributed by atoms with van der Waals surface area (Å²) in [5.41, 5.74) is 1.59. The predicted molar refractivity (Wildman–Crippen MR) is 99.5 cm³/mol. The first-order valence-corrected chi connectivity index (χ1v) is 8.10. The maximum Gasteiger partial charge on any atom is 0.189 e. The SMILES string of the molecule is CC(C)Oc1ccccc1C(=O)C=Cc1ccc2ccccc2c1. The van der Waals surface area contributed by atoms with Crippen LogP contribution in [0.15, 0.2) is 72.8 Å². The fourth-order valence-electron chi connectivity index (χ4n) is 2.60. The van der Waals surface area contributed by atoms with E-state index in [0.29, 0.717) is 11.3 Å². The van der Waals surface area contributed by atoms with Crippen LogP contribution in [0, 0.1) is 0 Å². The van der Waals surface area contributed by atoms with Gasteiger partial charge in [0.1, 0.15) is 5.75 Å². The molecular formula is C22H20O2. The van der Waals surface area contributed by atoms with Crippen molar-refractivity contribution >= 4 is 22.6 Å². The number of rotatable bonds is 5. The largest absolute Gasteiger partial charge is 0.490 e. The third-order valence-corrected chi connectivity index (χ3v) is 3.72. The van der Waals surface area contributed by atoms with Crippen LogP contribution >= 0.6 is 0 Å². The Labute approximate surface area is 142 Å². The average molecular weight is 316 g/mol. The molecule has 3 aromatic carbocycles. The van der Waals surface area contributed by atoms with Gasteiger partial charge in [-0.1, -0.05) is 54.6 Å². The lowest BCUT2D eigenvalue weighted by molar-refractivity contribution is 0.104. The van der Waals surface area contributed by atoms with Crippen LogP contribution in [-0.4, -0.2) is 11.9 Å². The van der Waals surface area contributed by atoms with Gasteiger partial charge in [0.15, 0.2) is 5.78 Å². The van der Waals surface area contributed by atoms with Crippen LogP contribution in [0.5, 0.6) is 5.75 Å². The summed E-state index contributed by atoms with van der Waals surface area (Å²) in [6, 6.07) is 21.7. The highest BCUT2D eigenvalue weighted by molar-refractivity contribution is 6.08. The lowest BCUT2D eigenvalue weighted by Gasteiger charge is -2.12. The number of benzene rings is 3. The Bertz CT molecular complexity index is 891. The van der Waals surface area contributed by atoms with Gasteiger partial charge in [-0.25, -0.2) is 0 Å². The second-order valence-corrected chi connectivity index (χ2v) is 5.97. The van der Waals surface area contributed by atoms with Crippen LogP contribution in [0.25, 0.3) is 16.8 Å². The van der Waals surface area contributed by atoms with Crippen LogP contribution in [0.4, 0.5) is 0 Å². The van der Waals surface area contributed by atoms with E-state index in [1.54, 1.807) is 12.1 Å². The van der Waals surface area contributed by atoms with Crippen molar-refractivity contribution in [3.63, 3.8) is 0 Å². The molecule has 120 valence electrons. The molecule has 3 rings (SSSR count). The van der Waals surface area contributed by atoms with E-state index in [-0.39, 0.29) is 11.9 Å². The molecule has 0 amide bonds. The van der Waals surface area contributed by atoms with Gasteiger partial charge in [-0.3, -0.25) is 4.79 Å². The van der Waals surface area contributed by atoms with E-state index in [1.807, 2.05) is 56.3 Å². The number of allylic oxidation sites excluding steroid dienone is 1. The van der Waals surface area contributed by atoms with E-state index < -0.39 is 0 Å². The summed E-state index contributed by atoms with van der Waals surface area (Å²) in [4.78, 5) is 12.5. The number of hydrogen-bond donors (Lipinski definition) is 0. The molecule has 2 heteroatoms. The average Bonchev–Trinajstić information content (AvgIpc) is 2.59. The van der Waals surface area contributed by atoms with Crippen molar-refractivity contribution in [3.05, 3.63) is 83.9 Å². The van der Waals surface area contributed by atoms with Crippen molar-refractivity contribution < 1.29 is 9.53 Å². The molecule has 0 aliphatic heterocycles. The zero-order chi connectivity index (χ0) is 16.9. The van der Waals surface area contributed by atoms with Crippen molar-refractivity contribution in [1.82, 2.24) is 0 Å². The first-order valence-electron chi connectivity index (χ1n) is 8.10. The maximum atomic E-state index is 12.5. The molecule has 0 aliphatic carbocycles. The van der Waals surface area contributed by atoms with Gasteiger partial charge >= 0.3 is 0 Å². The Morgan fingerprint density at radius 1 is 0.917 bits per heavy atom. The molecule has 0 spiro atoms. The summed E-state index contributed by atoms with van der Waals surface area (Å²) < 4.78 is 5.72. The van der Waals surface area contributed by atoms with E-state index in [9.17, 15) is 4.79 Å². The zero-order valence-corrected chi connectivity index (χ0v) is 13.9. The molecule has 2 nitrogen and oxygen atoms in total. The van der Waals surface area contributed by atoms with Crippen LogP contribution in [0.2, 0.25) is 0 Å². The van der Waals surface area contributed by atoms with Gasteiger partial charge in [-0.15, -0.1) is 0 Å². The fourth-order valence-corrected chi connectivity index (χ4v) is 2.60. The number of ketones is 1. The molecule has 0 atom stereocenters. The van der Waals surface area contributed by atoms with Crippen molar-refractivity contribution in [1.29, 1.82) is 0 Å². The minimum absolute atomic E-state index is 0.0309. The van der Waals surface area contributed by atoms with Gasteiger partial charge in [0, 0.05) is 0 Å². The smallest absolute Gasteiger partial charge is 0.189 e. The number of para-hydroxylation sites is 1. The Kier molecular flexibility index (Phi) is 4.76. The number of ether oxygens (including phenoxy) is 1. The Morgan fingerprint density at radius 2 is 1.62 bits per heavy atom. The van der Waals surface area contributed by atoms with Gasteiger partial charge in [-0.2, -0.15) is 0 Å². The van der Waals surface area contributed by atoms with Gasteiger partial charge in [0.25, 0.3) is 0 Å². The van der Waals surface area contributed by atoms with E-state index in [2.05, 4.69) is 24.3 Å². The molecule has 0 saturated carbocycles. The molecule has 0 aromatic heterocycles. The molecule has 0 saturated heterocycles. The minimum Gasteiger partial charge on any atom is -0.490 e. The van der Waals surface area contributed by atoms with E-state index >= 15 is 0 Å². The summed E-state index contributed by atoms with van der Waals surface area (Å²) >= 11 is 0. The number of hydrogen-bond acceptors (Lipinski definition) is 2. The normalized spacial score (nSPS) is 11.3. The summed E-state index contributed by atoms with van der Waals surface area (Å²) in [6.07, 6.45) is 3.48. The highest BCUT2D eigenvalue weighted by Crippen LogP contribution is 2.21. The lowest BCUT2D eigenvalue weighted by Crippen LogP contribution is -2.09. The number of carbonyl (C=O) groups is 1. The molecule has 0 heterocycles. The summed E-state index contributed by atoms with van der Waals surface area (Å²) in [6.45, 7) is 3.90. The third kappa shape index (κ3) is 3.72. The van der Waals surface area contributed by atoms with Crippen LogP contribution in [0.1, 0.15) is 29.8 Å². The Hall–Kier alpha value is -2.87. The number of carbonyl (C=O) groups excluding carboxylic acids is 1. The first-order chi connectivity index (χ1) is 11.6. The second-order valence-electron chi connectivity index (χ2n) is 5.97. The van der Waals surface area contributed by atoms with Gasteiger partial charge in [0.05, 0.1) is 11.7 Å². The van der Waals surface area contributed by atoms with E-state index in [1.165, 1.54) is 5.39 Å². The summed E-state index contributed by atoms with van der Waals surface area (Å²) in [5, 5.41) is 2.35. The summed E-state index contributed by atoms with van der Waals surface area (Å²) in [7, 11) is 0. The second kappa shape index (κ2) is 7.14. The minimum atomic E-state index is -0.0561.